The molecule has 8 heavy (non-hydrogen) atoms. The fraction of sp³-hybridized carbons (Fsp3) is 0. The van der Waals surface area contributed by atoms with Gasteiger partial charge in [0.2, 0.25) is 0 Å². The van der Waals surface area contributed by atoms with Gasteiger partial charge in [-0.25, -0.2) is 15.6 Å². The van der Waals surface area contributed by atoms with Crippen molar-refractivity contribution in [2.45, 2.75) is 0 Å². The van der Waals surface area contributed by atoms with E-state index < -0.39 is 6.09 Å². The Bertz CT molecular complexity index is 102. The topological polar surface area (TPSA) is 66.6 Å². The molecule has 0 aliphatic rings. The van der Waals surface area contributed by atoms with E-state index in [9.17, 15) is 4.79 Å². The summed E-state index contributed by atoms with van der Waals surface area (Å²) in [5, 5.41) is 8.56. The van der Waals surface area contributed by atoms with E-state index in [1.807, 2.05) is 0 Å². The van der Waals surface area contributed by atoms with Crippen molar-refractivity contribution >= 4 is 6.09 Å². The third-order valence-corrected chi connectivity index (χ3v) is 0.487. The monoisotopic (exact) mass is 115 g/mol. The predicted molar refractivity (Wildman–Crippen MR) is 28.5 cm³/mol. The first kappa shape index (κ1) is 6.97. The van der Waals surface area contributed by atoms with Gasteiger partial charge in [0.1, 0.15) is 0 Å². The SMILES string of the molecule is C=C[CH]N(N)C(=O)O. The van der Waals surface area contributed by atoms with Crippen LogP contribution in [-0.2, 0) is 0 Å². The lowest BCUT2D eigenvalue weighted by Crippen LogP contribution is -2.32. The molecule has 0 rings (SSSR count). The summed E-state index contributed by atoms with van der Waals surface area (Å²) in [6, 6.07) is 0. The molecule has 0 saturated heterocycles. The summed E-state index contributed by atoms with van der Waals surface area (Å²) in [6.07, 6.45) is 0.0820. The minimum Gasteiger partial charge on any atom is -0.464 e. The zero-order valence-corrected chi connectivity index (χ0v) is 4.24. The molecule has 0 aromatic heterocycles. The zero-order chi connectivity index (χ0) is 6.57. The Morgan fingerprint density at radius 3 is 2.50 bits per heavy atom. The van der Waals surface area contributed by atoms with Crippen molar-refractivity contribution in [1.82, 2.24) is 5.01 Å². The number of hydrogen-bond donors (Lipinski definition) is 2. The fourth-order valence-electron chi connectivity index (χ4n) is 0.177. The predicted octanol–water partition coefficient (Wildman–Crippen LogP) is 0.188. The summed E-state index contributed by atoms with van der Waals surface area (Å²) >= 11 is 0. The van der Waals surface area contributed by atoms with Crippen LogP contribution in [0.3, 0.4) is 0 Å². The summed E-state index contributed by atoms with van der Waals surface area (Å²) in [7, 11) is 0. The molecule has 45 valence electrons. The lowest BCUT2D eigenvalue weighted by atomic mass is 10.6. The summed E-state index contributed by atoms with van der Waals surface area (Å²) in [5.41, 5.74) is 0. The molecule has 1 radical (unpaired) electrons. The molecule has 0 aromatic carbocycles. The molecule has 0 fully saturated rings. The van der Waals surface area contributed by atoms with Crippen LogP contribution in [0, 0.1) is 6.54 Å². The Kier molecular flexibility index (Phi) is 2.64. The molecule has 4 heteroatoms. The van der Waals surface area contributed by atoms with Crippen LogP contribution in [0.2, 0.25) is 0 Å². The molecule has 0 saturated carbocycles. The molecule has 0 aromatic rings. The minimum atomic E-state index is -1.20. The first-order valence-corrected chi connectivity index (χ1v) is 1.91. The normalized spacial score (nSPS) is 8.12. The molecule has 4 nitrogen and oxygen atoms in total. The van der Waals surface area contributed by atoms with Gasteiger partial charge in [-0.05, 0) is 0 Å². The number of nitrogens with zero attached hydrogens (tertiary/aromatic N) is 1. The van der Waals surface area contributed by atoms with Crippen LogP contribution < -0.4 is 5.84 Å². The van der Waals surface area contributed by atoms with E-state index in [-0.39, 0.29) is 0 Å². The van der Waals surface area contributed by atoms with Gasteiger partial charge in [0.15, 0.2) is 0 Å². The van der Waals surface area contributed by atoms with Crippen molar-refractivity contribution in [3.63, 3.8) is 0 Å². The number of amides is 1. The molecule has 0 bridgehead atoms. The van der Waals surface area contributed by atoms with Gasteiger partial charge in [-0.2, -0.15) is 0 Å². The third kappa shape index (κ3) is 2.20. The molecule has 1 amide bonds. The lowest BCUT2D eigenvalue weighted by molar-refractivity contribution is 0.159. The van der Waals surface area contributed by atoms with Crippen molar-refractivity contribution in [3.05, 3.63) is 19.2 Å². The van der Waals surface area contributed by atoms with Crippen molar-refractivity contribution in [1.29, 1.82) is 0 Å². The first-order chi connectivity index (χ1) is 3.68. The van der Waals surface area contributed by atoms with Gasteiger partial charge in [-0.15, -0.1) is 6.58 Å². The van der Waals surface area contributed by atoms with E-state index in [4.69, 9.17) is 10.9 Å². The average molecular weight is 115 g/mol. The Labute approximate surface area is 47.2 Å². The van der Waals surface area contributed by atoms with E-state index in [1.165, 1.54) is 6.08 Å². The lowest BCUT2D eigenvalue weighted by Gasteiger charge is -2.06. The van der Waals surface area contributed by atoms with Crippen LogP contribution in [0.25, 0.3) is 0 Å². The summed E-state index contributed by atoms with van der Waals surface area (Å²) < 4.78 is 0. The Morgan fingerprint density at radius 1 is 1.88 bits per heavy atom. The van der Waals surface area contributed by atoms with Crippen LogP contribution in [-0.4, -0.2) is 16.2 Å². The van der Waals surface area contributed by atoms with Gasteiger partial charge in [0.05, 0.1) is 6.54 Å². The number of hydrogen-bond acceptors (Lipinski definition) is 2. The highest BCUT2D eigenvalue weighted by Crippen LogP contribution is 1.83. The Balaban J connectivity index is 3.46. The van der Waals surface area contributed by atoms with Gasteiger partial charge in [-0.3, -0.25) is 0 Å². The van der Waals surface area contributed by atoms with Gasteiger partial charge < -0.3 is 5.11 Å². The molecule has 0 unspecified atom stereocenters. The van der Waals surface area contributed by atoms with E-state index in [0.29, 0.717) is 5.01 Å². The van der Waals surface area contributed by atoms with Gasteiger partial charge >= 0.3 is 6.09 Å². The van der Waals surface area contributed by atoms with Crippen molar-refractivity contribution in [2.24, 2.45) is 5.84 Å². The number of nitrogens with two attached hydrogens (primary N) is 1. The number of rotatable bonds is 2. The maximum absolute atomic E-state index is 9.81. The molecule has 3 N–H and O–H groups in total. The summed E-state index contributed by atoms with van der Waals surface area (Å²) in [5.74, 6) is 4.83. The highest BCUT2D eigenvalue weighted by Gasteiger charge is 2.00. The van der Waals surface area contributed by atoms with Crippen molar-refractivity contribution in [2.75, 3.05) is 0 Å². The minimum absolute atomic E-state index is 0.521. The van der Waals surface area contributed by atoms with Crippen molar-refractivity contribution < 1.29 is 9.90 Å². The molecule has 0 heterocycles. The van der Waals surface area contributed by atoms with E-state index in [1.54, 1.807) is 0 Å². The Morgan fingerprint density at radius 2 is 2.38 bits per heavy atom. The smallest absolute Gasteiger partial charge is 0.422 e. The molecular formula is C4H7N2O2. The van der Waals surface area contributed by atoms with Crippen LogP contribution >= 0.6 is 0 Å². The average Bonchev–Trinajstić information content (AvgIpc) is 1.67. The third-order valence-electron chi connectivity index (χ3n) is 0.487. The van der Waals surface area contributed by atoms with Gasteiger partial charge in [0.25, 0.3) is 0 Å². The van der Waals surface area contributed by atoms with Gasteiger partial charge in [-0.1, -0.05) is 6.08 Å². The number of carbonyl (C=O) groups is 1. The Hall–Kier alpha value is -1.03. The second kappa shape index (κ2) is 3.04. The molecular weight excluding hydrogens is 108 g/mol. The molecule has 0 spiro atoms. The summed E-state index contributed by atoms with van der Waals surface area (Å²) in [4.78, 5) is 9.81. The van der Waals surface area contributed by atoms with E-state index >= 15 is 0 Å². The highest BCUT2D eigenvalue weighted by molar-refractivity contribution is 5.65. The highest BCUT2D eigenvalue weighted by atomic mass is 16.4. The number of carboxylic acid groups (broad SMARTS) is 1. The van der Waals surface area contributed by atoms with E-state index in [0.717, 1.165) is 6.54 Å². The molecule has 0 aliphatic heterocycles. The first-order valence-electron chi connectivity index (χ1n) is 1.91. The van der Waals surface area contributed by atoms with Gasteiger partial charge in [0, 0.05) is 0 Å². The van der Waals surface area contributed by atoms with Crippen LogP contribution in [0.4, 0.5) is 4.79 Å². The van der Waals surface area contributed by atoms with Crippen LogP contribution in [0.15, 0.2) is 12.7 Å². The van der Waals surface area contributed by atoms with Crippen LogP contribution in [0.5, 0.6) is 0 Å². The largest absolute Gasteiger partial charge is 0.464 e. The maximum Gasteiger partial charge on any atom is 0.422 e. The molecule has 0 aliphatic carbocycles. The zero-order valence-electron chi connectivity index (χ0n) is 4.24. The fourth-order valence-corrected chi connectivity index (χ4v) is 0.177. The standard InChI is InChI=1S/C4H7N2O2/c1-2-3-6(5)4(7)8/h2-3H,1,5H2,(H,7,8). The molecule has 0 atom stereocenters. The quantitative estimate of drug-likeness (QED) is 0.306. The van der Waals surface area contributed by atoms with Crippen molar-refractivity contribution in [3.8, 4) is 0 Å². The summed E-state index contributed by atoms with van der Waals surface area (Å²) in [6.45, 7) is 4.38. The van der Waals surface area contributed by atoms with E-state index in [2.05, 4.69) is 6.58 Å². The maximum atomic E-state index is 9.81. The van der Waals surface area contributed by atoms with Crippen LogP contribution in [0.1, 0.15) is 0 Å². The number of hydrazine groups is 1. The second-order valence-corrected chi connectivity index (χ2v) is 1.07. The second-order valence-electron chi connectivity index (χ2n) is 1.07.